The molecule has 1 aliphatic rings. The van der Waals surface area contributed by atoms with Crippen LogP contribution in [0.1, 0.15) is 19.8 Å². The summed E-state index contributed by atoms with van der Waals surface area (Å²) in [6.07, 6.45) is 1.77. The number of rotatable bonds is 5. The molecule has 0 unspecified atom stereocenters. The quantitative estimate of drug-likeness (QED) is 0.897. The number of likely N-dealkylation sites (tertiary alicyclic amines) is 1. The highest BCUT2D eigenvalue weighted by molar-refractivity contribution is 5.80. The maximum absolute atomic E-state index is 12.2. The summed E-state index contributed by atoms with van der Waals surface area (Å²) in [7, 11) is 2.01. The second-order valence-corrected chi connectivity index (χ2v) is 5.85. The van der Waals surface area contributed by atoms with Crippen LogP contribution >= 0.6 is 0 Å². The summed E-state index contributed by atoms with van der Waals surface area (Å²) in [6, 6.07) is 10.1. The minimum absolute atomic E-state index is 0.0568. The first-order valence-electron chi connectivity index (χ1n) is 7.87. The number of carbonyl (C=O) groups is 2. The van der Waals surface area contributed by atoms with Crippen LogP contribution < -0.4 is 10.2 Å². The number of benzene rings is 1. The molecule has 1 atom stereocenters. The summed E-state index contributed by atoms with van der Waals surface area (Å²) < 4.78 is 0. The van der Waals surface area contributed by atoms with Gasteiger partial charge in [0.05, 0.1) is 5.92 Å². The molecule has 120 valence electrons. The first-order chi connectivity index (χ1) is 10.6. The van der Waals surface area contributed by atoms with E-state index >= 15 is 0 Å². The molecular formula is C17H25N3O2. The molecule has 1 N–H and O–H groups in total. The molecule has 1 aliphatic heterocycles. The maximum Gasteiger partial charge on any atom is 0.224 e. The van der Waals surface area contributed by atoms with E-state index in [0.717, 1.165) is 31.6 Å². The lowest BCUT2D eigenvalue weighted by Gasteiger charge is -2.31. The smallest absolute Gasteiger partial charge is 0.224 e. The molecule has 1 aromatic rings. The minimum atomic E-state index is -0.0697. The Morgan fingerprint density at radius 1 is 1.32 bits per heavy atom. The van der Waals surface area contributed by atoms with Crippen molar-refractivity contribution in [1.29, 1.82) is 0 Å². The topological polar surface area (TPSA) is 52.7 Å². The average molecular weight is 303 g/mol. The summed E-state index contributed by atoms with van der Waals surface area (Å²) in [4.78, 5) is 27.5. The van der Waals surface area contributed by atoms with Crippen molar-refractivity contribution in [2.75, 3.05) is 38.1 Å². The van der Waals surface area contributed by atoms with Crippen molar-refractivity contribution in [1.82, 2.24) is 10.2 Å². The van der Waals surface area contributed by atoms with Gasteiger partial charge in [0.25, 0.3) is 0 Å². The Balaban J connectivity index is 1.74. The Bertz CT molecular complexity index is 504. The first kappa shape index (κ1) is 16.3. The third-order valence-electron chi connectivity index (χ3n) is 4.18. The van der Waals surface area contributed by atoms with Gasteiger partial charge in [-0.05, 0) is 25.0 Å². The molecule has 1 fully saturated rings. The summed E-state index contributed by atoms with van der Waals surface area (Å²) in [5, 5.41) is 2.99. The summed E-state index contributed by atoms with van der Waals surface area (Å²) in [5.41, 5.74) is 1.14. The SMILES string of the molecule is CC(=O)N1CCC[C@@H](C(=O)NCCN(C)c2ccccc2)C1. The van der Waals surface area contributed by atoms with Crippen molar-refractivity contribution >= 4 is 17.5 Å². The number of hydrogen-bond acceptors (Lipinski definition) is 3. The highest BCUT2D eigenvalue weighted by atomic mass is 16.2. The number of amides is 2. The van der Waals surface area contributed by atoms with E-state index in [-0.39, 0.29) is 17.7 Å². The normalized spacial score (nSPS) is 17.9. The summed E-state index contributed by atoms with van der Waals surface area (Å²) in [6.45, 7) is 4.26. The Morgan fingerprint density at radius 3 is 2.73 bits per heavy atom. The van der Waals surface area contributed by atoms with Crippen LogP contribution in [0.4, 0.5) is 5.69 Å². The molecule has 0 spiro atoms. The van der Waals surface area contributed by atoms with Gasteiger partial charge in [0.1, 0.15) is 0 Å². The number of nitrogens with zero attached hydrogens (tertiary/aromatic N) is 2. The van der Waals surface area contributed by atoms with Crippen molar-refractivity contribution in [3.05, 3.63) is 30.3 Å². The number of carbonyl (C=O) groups excluding carboxylic acids is 2. The number of hydrogen-bond donors (Lipinski definition) is 1. The minimum Gasteiger partial charge on any atom is -0.373 e. The molecule has 0 bridgehead atoms. The molecule has 1 saturated heterocycles. The van der Waals surface area contributed by atoms with Crippen LogP contribution in [-0.2, 0) is 9.59 Å². The molecule has 0 aromatic heterocycles. The van der Waals surface area contributed by atoms with Crippen molar-refractivity contribution in [3.8, 4) is 0 Å². The second-order valence-electron chi connectivity index (χ2n) is 5.85. The van der Waals surface area contributed by atoms with E-state index in [9.17, 15) is 9.59 Å². The predicted octanol–water partition coefficient (Wildman–Crippen LogP) is 1.50. The average Bonchev–Trinajstić information content (AvgIpc) is 2.55. The molecule has 0 aliphatic carbocycles. The van der Waals surface area contributed by atoms with Crippen molar-refractivity contribution < 1.29 is 9.59 Å². The number of nitrogens with one attached hydrogen (secondary N) is 1. The van der Waals surface area contributed by atoms with Crippen LogP contribution in [0, 0.1) is 5.92 Å². The zero-order valence-corrected chi connectivity index (χ0v) is 13.4. The van der Waals surface area contributed by atoms with Gasteiger partial charge in [-0.3, -0.25) is 9.59 Å². The van der Waals surface area contributed by atoms with Gasteiger partial charge >= 0.3 is 0 Å². The van der Waals surface area contributed by atoms with E-state index in [1.54, 1.807) is 11.8 Å². The fourth-order valence-corrected chi connectivity index (χ4v) is 2.78. The highest BCUT2D eigenvalue weighted by Crippen LogP contribution is 2.16. The standard InChI is InChI=1S/C17H25N3O2/c1-14(21)20-11-6-7-15(13-20)17(22)18-10-12-19(2)16-8-4-3-5-9-16/h3-5,8-9,15H,6-7,10-13H2,1-2H3,(H,18,22)/t15-/m1/s1. The van der Waals surface area contributed by atoms with Gasteiger partial charge in [0.2, 0.25) is 11.8 Å². The van der Waals surface area contributed by atoms with Gasteiger partial charge in [0, 0.05) is 45.8 Å². The predicted molar refractivity (Wildman–Crippen MR) is 87.7 cm³/mol. The van der Waals surface area contributed by atoms with Gasteiger partial charge in [-0.15, -0.1) is 0 Å². The molecule has 1 heterocycles. The fraction of sp³-hybridized carbons (Fsp3) is 0.529. The number of likely N-dealkylation sites (N-methyl/N-ethyl adjacent to an activating group) is 1. The van der Waals surface area contributed by atoms with E-state index in [2.05, 4.69) is 10.2 Å². The fourth-order valence-electron chi connectivity index (χ4n) is 2.78. The van der Waals surface area contributed by atoms with Crippen LogP contribution in [0.2, 0.25) is 0 Å². The van der Waals surface area contributed by atoms with Crippen molar-refractivity contribution in [3.63, 3.8) is 0 Å². The summed E-state index contributed by atoms with van der Waals surface area (Å²) in [5.74, 6) is 0.0494. The van der Waals surface area contributed by atoms with Gasteiger partial charge < -0.3 is 15.1 Å². The molecule has 0 saturated carbocycles. The van der Waals surface area contributed by atoms with Crippen LogP contribution in [0.5, 0.6) is 0 Å². The Labute approximate surface area is 132 Å². The molecule has 2 rings (SSSR count). The second kappa shape index (κ2) is 7.82. The number of piperidine rings is 1. The molecule has 0 radical (unpaired) electrons. The zero-order valence-electron chi connectivity index (χ0n) is 13.4. The van der Waals surface area contributed by atoms with Gasteiger partial charge in [-0.25, -0.2) is 0 Å². The van der Waals surface area contributed by atoms with E-state index in [1.165, 1.54) is 0 Å². The van der Waals surface area contributed by atoms with Crippen LogP contribution in [-0.4, -0.2) is 49.9 Å². The van der Waals surface area contributed by atoms with Crippen molar-refractivity contribution in [2.45, 2.75) is 19.8 Å². The Morgan fingerprint density at radius 2 is 2.05 bits per heavy atom. The Kier molecular flexibility index (Phi) is 5.81. The molecule has 22 heavy (non-hydrogen) atoms. The molecule has 1 aromatic carbocycles. The lowest BCUT2D eigenvalue weighted by Crippen LogP contribution is -2.45. The van der Waals surface area contributed by atoms with E-state index in [0.29, 0.717) is 13.1 Å². The van der Waals surface area contributed by atoms with Crippen LogP contribution in [0.25, 0.3) is 0 Å². The van der Waals surface area contributed by atoms with Gasteiger partial charge in [0.15, 0.2) is 0 Å². The van der Waals surface area contributed by atoms with Crippen LogP contribution in [0.15, 0.2) is 30.3 Å². The molecule has 2 amide bonds. The monoisotopic (exact) mass is 303 g/mol. The highest BCUT2D eigenvalue weighted by Gasteiger charge is 2.26. The number of para-hydroxylation sites is 1. The first-order valence-corrected chi connectivity index (χ1v) is 7.87. The third-order valence-corrected chi connectivity index (χ3v) is 4.18. The van der Waals surface area contributed by atoms with Gasteiger partial charge in [-0.1, -0.05) is 18.2 Å². The zero-order chi connectivity index (χ0) is 15.9. The van der Waals surface area contributed by atoms with Gasteiger partial charge in [-0.2, -0.15) is 0 Å². The maximum atomic E-state index is 12.2. The van der Waals surface area contributed by atoms with Crippen molar-refractivity contribution in [2.24, 2.45) is 5.92 Å². The van der Waals surface area contributed by atoms with Crippen LogP contribution in [0.3, 0.4) is 0 Å². The van der Waals surface area contributed by atoms with E-state index in [1.807, 2.05) is 37.4 Å². The number of anilines is 1. The van der Waals surface area contributed by atoms with E-state index in [4.69, 9.17) is 0 Å². The molecule has 5 nitrogen and oxygen atoms in total. The Hall–Kier alpha value is -2.04. The molecule has 5 heteroatoms. The third kappa shape index (κ3) is 4.48. The lowest BCUT2D eigenvalue weighted by atomic mass is 9.97. The largest absolute Gasteiger partial charge is 0.373 e. The lowest BCUT2D eigenvalue weighted by molar-refractivity contribution is -0.133. The summed E-state index contributed by atoms with van der Waals surface area (Å²) >= 11 is 0. The molecular weight excluding hydrogens is 278 g/mol. The van der Waals surface area contributed by atoms with E-state index < -0.39 is 0 Å².